The number of primary amides is 1. The summed E-state index contributed by atoms with van der Waals surface area (Å²) in [7, 11) is 0. The molecule has 2 rings (SSSR count). The molecule has 4 unspecified atom stereocenters. The van der Waals surface area contributed by atoms with E-state index in [1.807, 2.05) is 44.2 Å². The largest absolute Gasteiger partial charge is 0.480 e. The minimum atomic E-state index is -1.31. The first kappa shape index (κ1) is 28.8. The van der Waals surface area contributed by atoms with E-state index in [1.165, 1.54) is 4.90 Å². The Morgan fingerprint density at radius 3 is 2.33 bits per heavy atom. The molecule has 0 bridgehead atoms. The normalized spacial score (nSPS) is 17.8. The van der Waals surface area contributed by atoms with Crippen molar-refractivity contribution in [1.82, 2.24) is 15.5 Å². The molecule has 7 N–H and O–H groups in total. The van der Waals surface area contributed by atoms with Gasteiger partial charge in [-0.2, -0.15) is 0 Å². The molecule has 0 spiro atoms. The summed E-state index contributed by atoms with van der Waals surface area (Å²) < 4.78 is 0. The highest BCUT2D eigenvalue weighted by molar-refractivity contribution is 5.94. The number of carboxylic acids is 1. The number of hydrogen-bond acceptors (Lipinski definition) is 6. The predicted octanol–water partition coefficient (Wildman–Crippen LogP) is -0.0868. The van der Waals surface area contributed by atoms with E-state index in [0.717, 1.165) is 5.56 Å². The number of nitrogens with two attached hydrogens (primary N) is 2. The molecule has 4 amide bonds. The van der Waals surface area contributed by atoms with Crippen molar-refractivity contribution in [2.24, 2.45) is 17.4 Å². The second-order valence-corrected chi connectivity index (χ2v) is 9.58. The zero-order chi connectivity index (χ0) is 26.8. The van der Waals surface area contributed by atoms with E-state index >= 15 is 0 Å². The fourth-order valence-electron chi connectivity index (χ4n) is 4.26. The number of aliphatic carboxylic acids is 1. The quantitative estimate of drug-likeness (QED) is 0.249. The summed E-state index contributed by atoms with van der Waals surface area (Å²) in [5.41, 5.74) is 12.0. The Bertz CT molecular complexity index is 938. The van der Waals surface area contributed by atoms with Gasteiger partial charge in [0.05, 0.1) is 6.04 Å². The fourth-order valence-corrected chi connectivity index (χ4v) is 4.26. The van der Waals surface area contributed by atoms with E-state index in [-0.39, 0.29) is 31.7 Å². The first-order chi connectivity index (χ1) is 17.0. The van der Waals surface area contributed by atoms with Crippen LogP contribution in [0.5, 0.6) is 0 Å². The van der Waals surface area contributed by atoms with Crippen molar-refractivity contribution in [2.75, 3.05) is 6.54 Å². The highest BCUT2D eigenvalue weighted by Crippen LogP contribution is 2.20. The number of rotatable bonds is 13. The predicted molar refractivity (Wildman–Crippen MR) is 132 cm³/mol. The molecule has 1 fully saturated rings. The maximum Gasteiger partial charge on any atom is 0.326 e. The molecule has 1 aliphatic rings. The van der Waals surface area contributed by atoms with Crippen molar-refractivity contribution in [3.05, 3.63) is 35.9 Å². The zero-order valence-corrected chi connectivity index (χ0v) is 20.8. The molecule has 0 aromatic heterocycles. The van der Waals surface area contributed by atoms with Gasteiger partial charge in [-0.1, -0.05) is 44.2 Å². The molecule has 1 saturated heterocycles. The monoisotopic (exact) mass is 503 g/mol. The molecule has 1 heterocycles. The maximum atomic E-state index is 13.6. The van der Waals surface area contributed by atoms with Crippen LogP contribution < -0.4 is 22.1 Å². The van der Waals surface area contributed by atoms with Crippen molar-refractivity contribution in [1.29, 1.82) is 0 Å². The van der Waals surface area contributed by atoms with E-state index in [2.05, 4.69) is 10.6 Å². The molecule has 1 aromatic carbocycles. The van der Waals surface area contributed by atoms with Crippen molar-refractivity contribution in [2.45, 2.75) is 76.5 Å². The number of carbonyl (C=O) groups is 5. The van der Waals surface area contributed by atoms with Crippen LogP contribution in [0.2, 0.25) is 0 Å². The van der Waals surface area contributed by atoms with Gasteiger partial charge in [-0.15, -0.1) is 0 Å². The molecule has 1 aromatic rings. The molecular formula is C25H37N5O6. The summed E-state index contributed by atoms with van der Waals surface area (Å²) in [5.74, 6) is -3.30. The lowest BCUT2D eigenvalue weighted by atomic mass is 10.0. The average molecular weight is 504 g/mol. The highest BCUT2D eigenvalue weighted by atomic mass is 16.4. The average Bonchev–Trinajstić information content (AvgIpc) is 3.30. The Morgan fingerprint density at radius 2 is 1.75 bits per heavy atom. The zero-order valence-electron chi connectivity index (χ0n) is 20.8. The topological polar surface area (TPSA) is 185 Å². The van der Waals surface area contributed by atoms with Crippen LogP contribution in [0.15, 0.2) is 30.3 Å². The van der Waals surface area contributed by atoms with Crippen LogP contribution in [0.1, 0.15) is 51.5 Å². The lowest BCUT2D eigenvalue weighted by Gasteiger charge is -2.30. The minimum absolute atomic E-state index is 0.155. The third-order valence-electron chi connectivity index (χ3n) is 6.09. The van der Waals surface area contributed by atoms with E-state index in [9.17, 15) is 29.1 Å². The smallest absolute Gasteiger partial charge is 0.326 e. The Hall–Kier alpha value is -3.47. The van der Waals surface area contributed by atoms with Crippen LogP contribution in [0.4, 0.5) is 0 Å². The van der Waals surface area contributed by atoms with Gasteiger partial charge < -0.3 is 32.1 Å². The Labute approximate surface area is 211 Å². The van der Waals surface area contributed by atoms with Crippen LogP contribution in [0, 0.1) is 5.92 Å². The molecule has 0 saturated carbocycles. The summed E-state index contributed by atoms with van der Waals surface area (Å²) in [4.78, 5) is 63.3. The highest BCUT2D eigenvalue weighted by Gasteiger charge is 2.39. The van der Waals surface area contributed by atoms with Crippen molar-refractivity contribution in [3.8, 4) is 0 Å². The van der Waals surface area contributed by atoms with Gasteiger partial charge in [-0.05, 0) is 37.2 Å². The third-order valence-corrected chi connectivity index (χ3v) is 6.09. The molecule has 11 heteroatoms. The van der Waals surface area contributed by atoms with Crippen LogP contribution in [0.3, 0.4) is 0 Å². The van der Waals surface area contributed by atoms with Gasteiger partial charge in [0.25, 0.3) is 0 Å². The Kier molecular flexibility index (Phi) is 10.8. The minimum Gasteiger partial charge on any atom is -0.480 e. The van der Waals surface area contributed by atoms with Crippen molar-refractivity contribution in [3.63, 3.8) is 0 Å². The SMILES string of the molecule is CC(C)CC(N)C(=O)NC(Cc1ccccc1)C(=O)N1CCCC1C(=O)NC(CCC(N)=O)C(=O)O. The summed E-state index contributed by atoms with van der Waals surface area (Å²) in [6.07, 6.45) is 1.19. The Morgan fingerprint density at radius 1 is 1.08 bits per heavy atom. The summed E-state index contributed by atoms with van der Waals surface area (Å²) in [5, 5.41) is 14.6. The number of hydrogen-bond donors (Lipinski definition) is 5. The van der Waals surface area contributed by atoms with Crippen molar-refractivity contribution >= 4 is 29.6 Å². The van der Waals surface area contributed by atoms with Gasteiger partial charge in [0.2, 0.25) is 23.6 Å². The lowest BCUT2D eigenvalue weighted by Crippen LogP contribution is -2.57. The van der Waals surface area contributed by atoms with Crippen LogP contribution >= 0.6 is 0 Å². The Balaban J connectivity index is 2.19. The molecule has 11 nitrogen and oxygen atoms in total. The number of carboxylic acid groups (broad SMARTS) is 1. The molecule has 4 atom stereocenters. The standard InChI is InChI=1S/C25H37N5O6/c1-15(2)13-17(26)22(32)29-19(14-16-7-4-3-5-8-16)24(34)30-12-6-9-20(30)23(33)28-18(25(35)36)10-11-21(27)31/h3-5,7-8,15,17-20H,6,9-14,26H2,1-2H3,(H2,27,31)(H,28,33)(H,29,32)(H,35,36). The van der Waals surface area contributed by atoms with Gasteiger partial charge >= 0.3 is 5.97 Å². The summed E-state index contributed by atoms with van der Waals surface area (Å²) in [6.45, 7) is 4.18. The molecular weight excluding hydrogens is 466 g/mol. The first-order valence-corrected chi connectivity index (χ1v) is 12.2. The molecule has 0 radical (unpaired) electrons. The van der Waals surface area contributed by atoms with Crippen molar-refractivity contribution < 1.29 is 29.1 Å². The number of carbonyl (C=O) groups excluding carboxylic acids is 4. The van der Waals surface area contributed by atoms with E-state index in [1.54, 1.807) is 0 Å². The van der Waals surface area contributed by atoms with Crippen LogP contribution in [-0.4, -0.2) is 70.3 Å². The summed E-state index contributed by atoms with van der Waals surface area (Å²) in [6, 6.07) is 5.24. The van der Waals surface area contributed by atoms with Crippen LogP contribution in [0.25, 0.3) is 0 Å². The first-order valence-electron chi connectivity index (χ1n) is 12.2. The van der Waals surface area contributed by atoms with E-state index in [4.69, 9.17) is 11.5 Å². The molecule has 36 heavy (non-hydrogen) atoms. The number of likely N-dealkylation sites (tertiary alicyclic amines) is 1. The second-order valence-electron chi connectivity index (χ2n) is 9.58. The third kappa shape index (κ3) is 8.63. The summed E-state index contributed by atoms with van der Waals surface area (Å²) >= 11 is 0. The van der Waals surface area contributed by atoms with E-state index < -0.39 is 53.8 Å². The molecule has 198 valence electrons. The fraction of sp³-hybridized carbons (Fsp3) is 0.560. The van der Waals surface area contributed by atoms with Gasteiger partial charge in [0, 0.05) is 19.4 Å². The van der Waals surface area contributed by atoms with E-state index in [0.29, 0.717) is 19.3 Å². The lowest BCUT2D eigenvalue weighted by molar-refractivity contribution is -0.145. The van der Waals surface area contributed by atoms with Gasteiger partial charge in [0.1, 0.15) is 18.1 Å². The molecule has 1 aliphatic heterocycles. The number of benzene rings is 1. The van der Waals surface area contributed by atoms with Crippen LogP contribution in [-0.2, 0) is 30.4 Å². The maximum absolute atomic E-state index is 13.6. The van der Waals surface area contributed by atoms with Gasteiger partial charge in [-0.3, -0.25) is 19.2 Å². The number of amides is 4. The molecule has 0 aliphatic carbocycles. The van der Waals surface area contributed by atoms with Gasteiger partial charge in [0.15, 0.2) is 0 Å². The second kappa shape index (κ2) is 13.6. The number of nitrogens with one attached hydrogen (secondary N) is 2. The van der Waals surface area contributed by atoms with Gasteiger partial charge in [-0.25, -0.2) is 4.79 Å². The number of nitrogens with zero attached hydrogens (tertiary/aromatic N) is 1.